The van der Waals surface area contributed by atoms with E-state index in [0.717, 1.165) is 38.1 Å². The zero-order valence-electron chi connectivity index (χ0n) is 9.06. The van der Waals surface area contributed by atoms with Gasteiger partial charge in [-0.15, -0.1) is 0 Å². The number of carboxylic acid groups (broad SMARTS) is 1. The molecule has 2 unspecified atom stereocenters. The number of carbonyl (C=O) groups is 2. The van der Waals surface area contributed by atoms with Gasteiger partial charge in [0.25, 0.3) is 0 Å². The number of hydrogen-bond donors (Lipinski definition) is 2. The van der Waals surface area contributed by atoms with Gasteiger partial charge in [-0.3, -0.25) is 9.69 Å². The first-order valence-electron chi connectivity index (χ1n) is 5.62. The number of carbonyl (C=O) groups excluding carboxylic acids is 1. The summed E-state index contributed by atoms with van der Waals surface area (Å²) in [5.41, 5.74) is 0. The van der Waals surface area contributed by atoms with Crippen LogP contribution in [0.25, 0.3) is 0 Å². The SMILES string of the molecule is O=C(O)/C=C/C(=O)NC1CCN2CCCC12. The topological polar surface area (TPSA) is 69.6 Å². The summed E-state index contributed by atoms with van der Waals surface area (Å²) in [5, 5.41) is 11.3. The van der Waals surface area contributed by atoms with Crippen LogP contribution >= 0.6 is 0 Å². The molecule has 5 nitrogen and oxygen atoms in total. The lowest BCUT2D eigenvalue weighted by atomic mass is 10.1. The van der Waals surface area contributed by atoms with E-state index in [9.17, 15) is 9.59 Å². The molecule has 0 aromatic carbocycles. The Bertz CT molecular complexity index is 327. The van der Waals surface area contributed by atoms with Crippen molar-refractivity contribution in [3.63, 3.8) is 0 Å². The number of hydrogen-bond acceptors (Lipinski definition) is 3. The van der Waals surface area contributed by atoms with E-state index in [2.05, 4.69) is 10.2 Å². The average molecular weight is 224 g/mol. The monoisotopic (exact) mass is 224 g/mol. The molecule has 5 heteroatoms. The molecule has 0 spiro atoms. The molecular weight excluding hydrogens is 208 g/mol. The van der Waals surface area contributed by atoms with Gasteiger partial charge in [0.2, 0.25) is 5.91 Å². The second-order valence-electron chi connectivity index (χ2n) is 4.32. The standard InChI is InChI=1S/C11H16N2O3/c14-10(3-4-11(15)16)12-8-5-7-13-6-1-2-9(8)13/h3-4,8-9H,1-2,5-7H2,(H,12,14)(H,15,16)/b4-3+. The van der Waals surface area contributed by atoms with Gasteiger partial charge in [-0.1, -0.05) is 0 Å². The van der Waals surface area contributed by atoms with Crippen molar-refractivity contribution < 1.29 is 14.7 Å². The van der Waals surface area contributed by atoms with E-state index in [-0.39, 0.29) is 11.9 Å². The first kappa shape index (κ1) is 11.1. The smallest absolute Gasteiger partial charge is 0.328 e. The van der Waals surface area contributed by atoms with Crippen molar-refractivity contribution in [1.29, 1.82) is 0 Å². The van der Waals surface area contributed by atoms with Crippen molar-refractivity contribution in [2.24, 2.45) is 0 Å². The molecule has 0 aromatic rings. The lowest BCUT2D eigenvalue weighted by molar-refractivity contribution is -0.131. The van der Waals surface area contributed by atoms with Crippen molar-refractivity contribution >= 4 is 11.9 Å². The number of fused-ring (bicyclic) bond motifs is 1. The Morgan fingerprint density at radius 2 is 2.06 bits per heavy atom. The van der Waals surface area contributed by atoms with E-state index in [4.69, 9.17) is 5.11 Å². The molecule has 0 aromatic heterocycles. The second kappa shape index (κ2) is 4.65. The van der Waals surface area contributed by atoms with Gasteiger partial charge in [-0.25, -0.2) is 4.79 Å². The first-order chi connectivity index (χ1) is 7.66. The van der Waals surface area contributed by atoms with Crippen LogP contribution in [0.5, 0.6) is 0 Å². The van der Waals surface area contributed by atoms with Crippen LogP contribution in [-0.2, 0) is 9.59 Å². The predicted molar refractivity (Wildman–Crippen MR) is 57.9 cm³/mol. The molecule has 2 fully saturated rings. The Morgan fingerprint density at radius 1 is 1.25 bits per heavy atom. The molecule has 0 saturated carbocycles. The highest BCUT2D eigenvalue weighted by Crippen LogP contribution is 2.27. The van der Waals surface area contributed by atoms with Crippen LogP contribution in [0.2, 0.25) is 0 Å². The molecule has 2 atom stereocenters. The quantitative estimate of drug-likeness (QED) is 0.661. The van der Waals surface area contributed by atoms with E-state index >= 15 is 0 Å². The van der Waals surface area contributed by atoms with Gasteiger partial charge in [0.15, 0.2) is 0 Å². The molecule has 2 aliphatic rings. The van der Waals surface area contributed by atoms with Crippen molar-refractivity contribution in [3.8, 4) is 0 Å². The first-order valence-corrected chi connectivity index (χ1v) is 5.62. The van der Waals surface area contributed by atoms with Crippen molar-refractivity contribution in [1.82, 2.24) is 10.2 Å². The summed E-state index contributed by atoms with van der Waals surface area (Å²) in [6, 6.07) is 0.649. The molecule has 2 N–H and O–H groups in total. The van der Waals surface area contributed by atoms with Gasteiger partial charge in [-0.2, -0.15) is 0 Å². The highest BCUT2D eigenvalue weighted by atomic mass is 16.4. The molecule has 2 aliphatic heterocycles. The molecule has 88 valence electrons. The molecule has 1 amide bonds. The molecular formula is C11H16N2O3. The lowest BCUT2D eigenvalue weighted by Crippen LogP contribution is -2.41. The summed E-state index contributed by atoms with van der Waals surface area (Å²) in [7, 11) is 0. The van der Waals surface area contributed by atoms with Crippen LogP contribution in [0.4, 0.5) is 0 Å². The Hall–Kier alpha value is -1.36. The van der Waals surface area contributed by atoms with Crippen LogP contribution in [0, 0.1) is 0 Å². The van der Waals surface area contributed by atoms with Gasteiger partial charge < -0.3 is 10.4 Å². The fourth-order valence-electron chi connectivity index (χ4n) is 2.63. The van der Waals surface area contributed by atoms with Gasteiger partial charge in [-0.05, 0) is 25.8 Å². The van der Waals surface area contributed by atoms with Crippen LogP contribution < -0.4 is 5.32 Å². The Balaban J connectivity index is 1.85. The minimum atomic E-state index is -1.09. The number of nitrogens with one attached hydrogen (secondary N) is 1. The van der Waals surface area contributed by atoms with E-state index in [1.807, 2.05) is 0 Å². The molecule has 2 heterocycles. The summed E-state index contributed by atoms with van der Waals surface area (Å²) in [4.78, 5) is 24.1. The third-order valence-electron chi connectivity index (χ3n) is 3.31. The number of nitrogens with zero attached hydrogens (tertiary/aromatic N) is 1. The average Bonchev–Trinajstić information content (AvgIpc) is 2.80. The number of amides is 1. The second-order valence-corrected chi connectivity index (χ2v) is 4.32. The van der Waals surface area contributed by atoms with Crippen LogP contribution in [-0.4, -0.2) is 47.1 Å². The normalized spacial score (nSPS) is 29.5. The molecule has 0 aliphatic carbocycles. The number of aliphatic carboxylic acids is 1. The Labute approximate surface area is 94.1 Å². The minimum Gasteiger partial charge on any atom is -0.478 e. The predicted octanol–water partition coefficient (Wildman–Crippen LogP) is -0.0199. The summed E-state index contributed by atoms with van der Waals surface area (Å²) < 4.78 is 0. The van der Waals surface area contributed by atoms with Crippen molar-refractivity contribution in [3.05, 3.63) is 12.2 Å². The van der Waals surface area contributed by atoms with Crippen LogP contribution in [0.15, 0.2) is 12.2 Å². The van der Waals surface area contributed by atoms with Crippen LogP contribution in [0.1, 0.15) is 19.3 Å². The highest BCUT2D eigenvalue weighted by Gasteiger charge is 2.37. The van der Waals surface area contributed by atoms with Gasteiger partial charge in [0.1, 0.15) is 0 Å². The van der Waals surface area contributed by atoms with Gasteiger partial charge in [0, 0.05) is 30.8 Å². The fourth-order valence-corrected chi connectivity index (χ4v) is 2.63. The fraction of sp³-hybridized carbons (Fsp3) is 0.636. The molecule has 2 rings (SSSR count). The lowest BCUT2D eigenvalue weighted by Gasteiger charge is -2.20. The van der Waals surface area contributed by atoms with Crippen molar-refractivity contribution in [2.75, 3.05) is 13.1 Å². The third-order valence-corrected chi connectivity index (χ3v) is 3.31. The summed E-state index contributed by atoms with van der Waals surface area (Å²) in [6.45, 7) is 2.17. The van der Waals surface area contributed by atoms with Gasteiger partial charge >= 0.3 is 5.97 Å². The third kappa shape index (κ3) is 2.41. The summed E-state index contributed by atoms with van der Waals surface area (Å²) in [6.07, 6.45) is 5.25. The maximum atomic E-state index is 11.4. The zero-order chi connectivity index (χ0) is 11.5. The highest BCUT2D eigenvalue weighted by molar-refractivity contribution is 5.94. The maximum absolute atomic E-state index is 11.4. The molecule has 0 radical (unpaired) electrons. The van der Waals surface area contributed by atoms with Crippen molar-refractivity contribution in [2.45, 2.75) is 31.3 Å². The van der Waals surface area contributed by atoms with E-state index in [1.165, 1.54) is 6.42 Å². The van der Waals surface area contributed by atoms with E-state index < -0.39 is 5.97 Å². The Kier molecular flexibility index (Phi) is 3.24. The van der Waals surface area contributed by atoms with Gasteiger partial charge in [0.05, 0.1) is 0 Å². The maximum Gasteiger partial charge on any atom is 0.328 e. The largest absolute Gasteiger partial charge is 0.478 e. The summed E-state index contributed by atoms with van der Waals surface area (Å²) in [5.74, 6) is -1.40. The number of rotatable bonds is 3. The van der Waals surface area contributed by atoms with Crippen LogP contribution in [0.3, 0.4) is 0 Å². The number of carboxylic acids is 1. The molecule has 0 bridgehead atoms. The molecule has 2 saturated heterocycles. The molecule has 16 heavy (non-hydrogen) atoms. The Morgan fingerprint density at radius 3 is 2.81 bits per heavy atom. The van der Waals surface area contributed by atoms with E-state index in [0.29, 0.717) is 6.04 Å². The van der Waals surface area contributed by atoms with E-state index in [1.54, 1.807) is 0 Å². The zero-order valence-corrected chi connectivity index (χ0v) is 9.06. The minimum absolute atomic E-state index is 0.188. The summed E-state index contributed by atoms with van der Waals surface area (Å²) >= 11 is 0.